The molecule has 10 fully saturated rings. The number of Topliss-reactive ketones (excluding diaryl/α,β-unsaturated/α-hetero) is 2. The second kappa shape index (κ2) is 26.9. The number of hydrogen-bond acceptors (Lipinski definition) is 17. The second-order valence-electron chi connectivity index (χ2n) is 42.6. The van der Waals surface area contributed by atoms with Crippen LogP contribution in [0.1, 0.15) is 152 Å². The minimum atomic E-state index is -0.992. The third-order valence-electron chi connectivity index (χ3n) is 37.6. The maximum absolute atomic E-state index is 12.7. The highest BCUT2D eigenvalue weighted by atomic mass is 16.5. The number of likely N-dealkylation sites (tertiary alicyclic amines) is 5. The van der Waals surface area contributed by atoms with E-state index in [0.29, 0.717) is 92.1 Å². The SMILES string of the molecule is C=CC[N@+]1(C)CC[C@@]23c4c5ccc(O)c4CC1C2(O)CCC(=C)C3O5.C=CC[N@+]1(C)CC[C@@]23c4c5ccc(O)c4OC2C(=O)CCC3(O)C1C5.C=CC[N@@+]1(C)CC[C@@]23c4c5ccc(O)c4CC1C2(O)CCC(=C)C3O5.C=CC[N@@+]1(C)CC[C@@]23c4c5ccc(O)c4OC2C(=O)CCC3(O)C1C5.C=CC[N@@+]1(C)CC[C@@]23c4c5ccc(O)c4OC2[C@H](O)CCC3C1C5. The van der Waals surface area contributed by atoms with Crippen molar-refractivity contribution in [3.63, 3.8) is 0 Å². The monoisotopic (exact) mass is 1690 g/mol. The van der Waals surface area contributed by atoms with Crippen molar-refractivity contribution < 1.29 is 107 Å². The van der Waals surface area contributed by atoms with Gasteiger partial charge in [0.25, 0.3) is 0 Å². The van der Waals surface area contributed by atoms with Gasteiger partial charge >= 0.3 is 0 Å². The van der Waals surface area contributed by atoms with E-state index >= 15 is 0 Å². The molecule has 22 nitrogen and oxygen atoms in total. The maximum atomic E-state index is 12.7. The number of carbonyl (C=O) groups is 2. The van der Waals surface area contributed by atoms with Gasteiger partial charge in [-0.25, -0.2) is 0 Å². The zero-order chi connectivity index (χ0) is 87.1. The Morgan fingerprint density at radius 2 is 0.718 bits per heavy atom. The number of aliphatic hydroxyl groups is 5. The molecule has 5 aromatic carbocycles. The molecule has 10 N–H and O–H groups in total. The van der Waals surface area contributed by atoms with Gasteiger partial charge in [-0.05, 0) is 152 Å². The summed E-state index contributed by atoms with van der Waals surface area (Å²) in [7, 11) is 11.2. The zero-order valence-electron chi connectivity index (χ0n) is 72.8. The van der Waals surface area contributed by atoms with Crippen LogP contribution in [-0.4, -0.2) is 275 Å². The van der Waals surface area contributed by atoms with Crippen molar-refractivity contribution in [3.05, 3.63) is 204 Å². The van der Waals surface area contributed by atoms with Gasteiger partial charge in [-0.2, -0.15) is 0 Å². The largest absolute Gasteiger partial charge is 0.508 e. The van der Waals surface area contributed by atoms with Gasteiger partial charge in [0, 0.05) is 122 Å². The van der Waals surface area contributed by atoms with Gasteiger partial charge < -0.3 is 97.2 Å². The first-order valence-electron chi connectivity index (χ1n) is 45.8. The Kier molecular flexibility index (Phi) is 17.8. The first kappa shape index (κ1) is 82.2. The molecule has 22 heteroatoms. The van der Waals surface area contributed by atoms with E-state index in [1.54, 1.807) is 30.3 Å². The molecule has 0 amide bonds. The highest BCUT2D eigenvalue weighted by Gasteiger charge is 2.81. The van der Waals surface area contributed by atoms with Crippen molar-refractivity contribution in [2.24, 2.45) is 5.92 Å². The number of phenols is 5. The number of likely N-dealkylation sites (N-methyl/N-ethyl adjacent to an activating group) is 5. The van der Waals surface area contributed by atoms with Crippen LogP contribution >= 0.6 is 0 Å². The third-order valence-corrected chi connectivity index (χ3v) is 37.6. The molecule has 25 rings (SSSR count). The highest BCUT2D eigenvalue weighted by molar-refractivity contribution is 5.91. The molecule has 26 atom stereocenters. The van der Waals surface area contributed by atoms with E-state index < -0.39 is 62.4 Å². The summed E-state index contributed by atoms with van der Waals surface area (Å²) in [6.07, 6.45) is 21.9. The van der Waals surface area contributed by atoms with Crippen molar-refractivity contribution >= 4 is 11.6 Å². The van der Waals surface area contributed by atoms with Crippen molar-refractivity contribution in [1.82, 2.24) is 0 Å². The topological polar surface area (TPSA) is 283 Å². The molecule has 10 bridgehead atoms. The van der Waals surface area contributed by atoms with Crippen LogP contribution in [0.25, 0.3) is 0 Å². The van der Waals surface area contributed by atoms with Crippen LogP contribution in [0.2, 0.25) is 0 Å². The number of rotatable bonds is 10. The Bertz CT molecular complexity index is 5250. The fourth-order valence-corrected chi connectivity index (χ4v) is 32.2. The lowest BCUT2D eigenvalue weighted by Crippen LogP contribution is -2.80. The Morgan fingerprint density at radius 3 is 1.11 bits per heavy atom. The van der Waals surface area contributed by atoms with E-state index in [9.17, 15) is 60.7 Å². The van der Waals surface area contributed by atoms with Gasteiger partial charge in [0.15, 0.2) is 58.3 Å². The molecule has 124 heavy (non-hydrogen) atoms. The normalized spacial score (nSPS) is 43.6. The molecular formula is C102H126N5O17+5. The van der Waals surface area contributed by atoms with E-state index in [2.05, 4.69) is 93.4 Å². The van der Waals surface area contributed by atoms with Gasteiger partial charge in [0.2, 0.25) is 0 Å². The van der Waals surface area contributed by atoms with Crippen LogP contribution in [0.3, 0.4) is 0 Å². The third kappa shape index (κ3) is 9.86. The van der Waals surface area contributed by atoms with Crippen molar-refractivity contribution in [2.75, 3.05) is 101 Å². The van der Waals surface area contributed by atoms with E-state index in [-0.39, 0.29) is 76.7 Å². The van der Waals surface area contributed by atoms with Crippen LogP contribution in [-0.2, 0) is 68.8 Å². The molecule has 10 heterocycles. The van der Waals surface area contributed by atoms with Gasteiger partial charge in [0.05, 0.1) is 140 Å². The molecule has 10 aliphatic heterocycles. The number of quaternary nitrogens is 5. The minimum Gasteiger partial charge on any atom is -0.508 e. The first-order valence-corrected chi connectivity index (χ1v) is 45.8. The lowest BCUT2D eigenvalue weighted by Gasteiger charge is -2.64. The summed E-state index contributed by atoms with van der Waals surface area (Å²) >= 11 is 0. The van der Waals surface area contributed by atoms with E-state index in [1.165, 1.54) is 11.1 Å². The van der Waals surface area contributed by atoms with Crippen LogP contribution in [0.5, 0.6) is 57.5 Å². The molecule has 656 valence electrons. The van der Waals surface area contributed by atoms with Crippen LogP contribution < -0.4 is 23.7 Å². The number of piperidine rings is 5. The summed E-state index contributed by atoms with van der Waals surface area (Å²) < 4.78 is 35.0. The molecule has 0 aromatic heterocycles. The summed E-state index contributed by atoms with van der Waals surface area (Å²) in [5.41, 5.74) is 6.63. The zero-order valence-corrected chi connectivity index (χ0v) is 72.8. The van der Waals surface area contributed by atoms with Crippen LogP contribution in [0.4, 0.5) is 0 Å². The summed E-state index contributed by atoms with van der Waals surface area (Å²) in [5.74, 6) is 4.82. The number of hydrogen-bond donors (Lipinski definition) is 10. The fourth-order valence-electron chi connectivity index (χ4n) is 32.2. The standard InChI is InChI=1S/2C21H25NO3.2C20H23NO4.C20H25NO3/c2*1-4-10-22(3)11-9-20-18-14-12-17(22)21(20,24)8-7-13(2)19(20)25-16(18)6-5-15(14)23;2*1-3-9-21(2)10-8-19-16-12-4-5-13(22)17(16)25-18(19)14(23)6-7-20(19,24)15(21)11-12;1-3-9-21(2)10-8-20-13-5-7-16(23)19(20)24-18-15(22)6-4-12(17(18)20)11-14(13)21/h2*4-6,17,19,24H,1-2,7-12H2,3H3;2*3-5,15,18,24H,1,6-11H2,2H3;3-4,6,13-14,16,19,23H,1,5,7-11H2,2H3/p+5/t17?,19?,20-,21?,22+;17?,19?,20-,21?,22-;15?,18?,19-,20?,21+;15?,18?,19-,20?,21-;13?,14?,16-,19?,20-,21+/m00111/s1. The quantitative estimate of drug-likeness (QED) is 0.0460. The van der Waals surface area contributed by atoms with E-state index in [1.807, 2.05) is 48.6 Å². The van der Waals surface area contributed by atoms with E-state index in [4.69, 9.17) is 23.7 Å². The predicted molar refractivity (Wildman–Crippen MR) is 466 cm³/mol. The minimum absolute atomic E-state index is 0.00134. The molecule has 5 saturated carbocycles. The Hall–Kier alpha value is -8.78. The number of aromatic hydroxyl groups is 5. The lowest BCUT2D eigenvalue weighted by atomic mass is 9.48. The molecule has 5 aromatic rings. The van der Waals surface area contributed by atoms with Gasteiger partial charge in [0.1, 0.15) is 87.9 Å². The number of carbonyl (C=O) groups excluding carboxylic acids is 2. The van der Waals surface area contributed by atoms with Crippen molar-refractivity contribution in [1.29, 1.82) is 0 Å². The van der Waals surface area contributed by atoms with Crippen molar-refractivity contribution in [3.8, 4) is 57.5 Å². The maximum Gasteiger partial charge on any atom is 0.174 e. The number of ketones is 2. The van der Waals surface area contributed by atoms with Gasteiger partial charge in [-0.3, -0.25) is 9.59 Å². The molecule has 5 spiro atoms. The summed E-state index contributed by atoms with van der Waals surface area (Å²) in [6.45, 7) is 37.2. The molecule has 5 saturated heterocycles. The van der Waals surface area contributed by atoms with E-state index in [0.717, 1.165) is 232 Å². The van der Waals surface area contributed by atoms with Crippen LogP contribution in [0.15, 0.2) is 148 Å². The molecule has 0 radical (unpaired) electrons. The number of benzene rings is 5. The molecule has 20 aliphatic rings. The highest BCUT2D eigenvalue weighted by Crippen LogP contribution is 2.73. The average Bonchev–Trinajstić information content (AvgIpc) is 1.48. The number of nitrogens with zero attached hydrogens (tertiary/aromatic N) is 5. The first-order chi connectivity index (χ1) is 59.0. The smallest absolute Gasteiger partial charge is 0.174 e. The summed E-state index contributed by atoms with van der Waals surface area (Å²) in [4.78, 5) is 25.4. The van der Waals surface area contributed by atoms with Gasteiger partial charge in [-0.15, -0.1) is 0 Å². The molecule has 10 aliphatic carbocycles. The number of phenolic OH excluding ortho intramolecular Hbond substituents is 5. The second-order valence-corrected chi connectivity index (χ2v) is 42.6. The molecular weight excluding hydrogens is 1570 g/mol. The number of ether oxygens (including phenoxy) is 5. The Balaban J connectivity index is 0.0000000950. The Labute approximate surface area is 727 Å². The van der Waals surface area contributed by atoms with Crippen LogP contribution in [0, 0.1) is 5.92 Å². The fraction of sp³-hybridized carbons (Fsp3) is 0.549. The average molecular weight is 1690 g/mol. The van der Waals surface area contributed by atoms with Gasteiger partial charge in [-0.1, -0.05) is 64.3 Å². The predicted octanol–water partition coefficient (Wildman–Crippen LogP) is 9.88. The van der Waals surface area contributed by atoms with Crippen molar-refractivity contribution in [2.45, 2.75) is 245 Å². The summed E-state index contributed by atoms with van der Waals surface area (Å²) in [5, 5.41) is 111. The molecule has 15 unspecified atom stereocenters. The Morgan fingerprint density at radius 1 is 0.379 bits per heavy atom. The lowest BCUT2D eigenvalue weighted by molar-refractivity contribution is -0.944. The number of aliphatic hydroxyl groups excluding tert-OH is 1. The summed E-state index contributed by atoms with van der Waals surface area (Å²) in [6, 6.07) is 18.9.